The molecule has 0 aromatic carbocycles. The van der Waals surface area contributed by atoms with Crippen LogP contribution in [0.3, 0.4) is 0 Å². The maximum Gasteiger partial charge on any atom is 0.326 e. The molecule has 23 heavy (non-hydrogen) atoms. The summed E-state index contributed by atoms with van der Waals surface area (Å²) in [6.45, 7) is 5.35. The molecule has 0 saturated heterocycles. The first-order valence-corrected chi connectivity index (χ1v) is 7.48. The Labute approximate surface area is 135 Å². The molecule has 1 aromatic rings. The monoisotopic (exact) mass is 321 g/mol. The van der Waals surface area contributed by atoms with E-state index in [0.717, 1.165) is 11.3 Å². The molecule has 7 heteroatoms. The van der Waals surface area contributed by atoms with Gasteiger partial charge in [-0.05, 0) is 30.9 Å². The Morgan fingerprint density at radius 1 is 1.22 bits per heavy atom. The van der Waals surface area contributed by atoms with Gasteiger partial charge in [0.05, 0.1) is 13.0 Å². The fourth-order valence-corrected chi connectivity index (χ4v) is 1.97. The number of carboxylic acid groups (broad SMARTS) is 1. The zero-order valence-corrected chi connectivity index (χ0v) is 13.6. The predicted octanol–water partition coefficient (Wildman–Crippen LogP) is 0.664. The van der Waals surface area contributed by atoms with E-state index in [9.17, 15) is 14.4 Å². The van der Waals surface area contributed by atoms with Gasteiger partial charge in [0.25, 0.3) is 0 Å². The molecule has 0 fully saturated rings. The first-order chi connectivity index (χ1) is 10.8. The minimum atomic E-state index is -1.08. The number of carbonyl (C=O) groups is 3. The summed E-state index contributed by atoms with van der Waals surface area (Å²) in [5, 5.41) is 13.9. The molecule has 1 heterocycles. The Hall–Kier alpha value is -2.44. The molecule has 1 rings (SSSR count). The standard InChI is InChI=1S/C16H23N3O4/c1-10(2)6-13(16(22)23)19-15(21)9-18-14(20)7-12-5-4-11(3)17-8-12/h4-5,8,10,13H,6-7,9H2,1-3H3,(H,18,20)(H,19,21)(H,22,23)/t13-/m0/s1. The van der Waals surface area contributed by atoms with Crippen molar-refractivity contribution < 1.29 is 19.5 Å². The van der Waals surface area contributed by atoms with Crippen LogP contribution in [0.2, 0.25) is 0 Å². The molecule has 0 unspecified atom stereocenters. The highest BCUT2D eigenvalue weighted by Gasteiger charge is 2.21. The van der Waals surface area contributed by atoms with Crippen molar-refractivity contribution in [3.05, 3.63) is 29.6 Å². The zero-order valence-electron chi connectivity index (χ0n) is 13.6. The zero-order chi connectivity index (χ0) is 17.4. The van der Waals surface area contributed by atoms with Gasteiger partial charge >= 0.3 is 5.97 Å². The number of amides is 2. The summed E-state index contributed by atoms with van der Waals surface area (Å²) in [6, 6.07) is 2.66. The minimum Gasteiger partial charge on any atom is -0.480 e. The highest BCUT2D eigenvalue weighted by atomic mass is 16.4. The molecule has 7 nitrogen and oxygen atoms in total. The lowest BCUT2D eigenvalue weighted by atomic mass is 10.0. The number of aliphatic carboxylic acids is 1. The number of carboxylic acids is 1. The Bertz CT molecular complexity index is 555. The molecule has 3 N–H and O–H groups in total. The molecule has 126 valence electrons. The van der Waals surface area contributed by atoms with Crippen LogP contribution in [0, 0.1) is 12.8 Å². The van der Waals surface area contributed by atoms with Crippen LogP contribution in [-0.4, -0.2) is 40.5 Å². The van der Waals surface area contributed by atoms with Crippen LogP contribution in [0.15, 0.2) is 18.3 Å². The van der Waals surface area contributed by atoms with E-state index < -0.39 is 17.9 Å². The van der Waals surface area contributed by atoms with Gasteiger partial charge in [-0.2, -0.15) is 0 Å². The average Bonchev–Trinajstić information content (AvgIpc) is 2.46. The second-order valence-corrected chi connectivity index (χ2v) is 5.85. The normalized spacial score (nSPS) is 11.8. The summed E-state index contributed by atoms with van der Waals surface area (Å²) >= 11 is 0. The van der Waals surface area contributed by atoms with Gasteiger partial charge in [-0.15, -0.1) is 0 Å². The molecular formula is C16H23N3O4. The number of nitrogens with zero attached hydrogens (tertiary/aromatic N) is 1. The van der Waals surface area contributed by atoms with Crippen molar-refractivity contribution in [2.45, 2.75) is 39.7 Å². The van der Waals surface area contributed by atoms with Crippen LogP contribution < -0.4 is 10.6 Å². The van der Waals surface area contributed by atoms with E-state index in [4.69, 9.17) is 5.11 Å². The molecule has 0 aliphatic rings. The SMILES string of the molecule is Cc1ccc(CC(=O)NCC(=O)N[C@@H](CC(C)C)C(=O)O)cn1. The van der Waals surface area contributed by atoms with Gasteiger partial charge < -0.3 is 15.7 Å². The minimum absolute atomic E-state index is 0.120. The van der Waals surface area contributed by atoms with Crippen molar-refractivity contribution in [3.63, 3.8) is 0 Å². The van der Waals surface area contributed by atoms with E-state index in [1.165, 1.54) is 0 Å². The topological polar surface area (TPSA) is 108 Å². The lowest BCUT2D eigenvalue weighted by Gasteiger charge is -2.16. The molecule has 2 amide bonds. The second kappa shape index (κ2) is 8.87. The fraction of sp³-hybridized carbons (Fsp3) is 0.500. The third-order valence-electron chi connectivity index (χ3n) is 3.12. The fourth-order valence-electron chi connectivity index (χ4n) is 1.97. The number of pyridine rings is 1. The van der Waals surface area contributed by atoms with E-state index in [0.29, 0.717) is 6.42 Å². The van der Waals surface area contributed by atoms with Gasteiger partial charge in [-0.3, -0.25) is 14.6 Å². The third kappa shape index (κ3) is 7.39. The largest absolute Gasteiger partial charge is 0.480 e. The third-order valence-corrected chi connectivity index (χ3v) is 3.12. The molecule has 0 aliphatic heterocycles. The number of carbonyl (C=O) groups excluding carboxylic acids is 2. The molecule has 0 saturated carbocycles. The Morgan fingerprint density at radius 2 is 1.91 bits per heavy atom. The number of hydrogen-bond acceptors (Lipinski definition) is 4. The maximum absolute atomic E-state index is 11.8. The van der Waals surface area contributed by atoms with Crippen molar-refractivity contribution in [1.82, 2.24) is 15.6 Å². The second-order valence-electron chi connectivity index (χ2n) is 5.85. The van der Waals surface area contributed by atoms with Crippen molar-refractivity contribution in [2.75, 3.05) is 6.54 Å². The van der Waals surface area contributed by atoms with Gasteiger partial charge in [0.2, 0.25) is 11.8 Å². The van der Waals surface area contributed by atoms with E-state index in [1.807, 2.05) is 20.8 Å². The Kier molecular flexibility index (Phi) is 7.18. The maximum atomic E-state index is 11.8. The van der Waals surface area contributed by atoms with Crippen molar-refractivity contribution in [1.29, 1.82) is 0 Å². The number of hydrogen-bond donors (Lipinski definition) is 3. The average molecular weight is 321 g/mol. The highest BCUT2D eigenvalue weighted by Crippen LogP contribution is 2.04. The number of rotatable bonds is 8. The van der Waals surface area contributed by atoms with Gasteiger partial charge in [-0.25, -0.2) is 4.79 Å². The Morgan fingerprint density at radius 3 is 2.43 bits per heavy atom. The number of aromatic nitrogens is 1. The summed E-state index contributed by atoms with van der Waals surface area (Å²) < 4.78 is 0. The molecule has 0 spiro atoms. The highest BCUT2D eigenvalue weighted by molar-refractivity contribution is 5.88. The van der Waals surface area contributed by atoms with Crippen LogP contribution in [0.1, 0.15) is 31.5 Å². The Balaban J connectivity index is 2.40. The van der Waals surface area contributed by atoms with Gasteiger partial charge in [0.15, 0.2) is 0 Å². The summed E-state index contributed by atoms with van der Waals surface area (Å²) in [5.74, 6) is -1.78. The van der Waals surface area contributed by atoms with Gasteiger partial charge in [0, 0.05) is 11.9 Å². The lowest BCUT2D eigenvalue weighted by molar-refractivity contribution is -0.142. The van der Waals surface area contributed by atoms with Crippen LogP contribution >= 0.6 is 0 Å². The van der Waals surface area contributed by atoms with E-state index in [2.05, 4.69) is 15.6 Å². The summed E-state index contributed by atoms with van der Waals surface area (Å²) in [5.41, 5.74) is 1.61. The van der Waals surface area contributed by atoms with Gasteiger partial charge in [-0.1, -0.05) is 19.9 Å². The molecule has 0 bridgehead atoms. The molecular weight excluding hydrogens is 298 g/mol. The van der Waals surface area contributed by atoms with Crippen molar-refractivity contribution in [3.8, 4) is 0 Å². The van der Waals surface area contributed by atoms with Crippen molar-refractivity contribution >= 4 is 17.8 Å². The molecule has 0 aliphatic carbocycles. The number of aryl methyl sites for hydroxylation is 1. The predicted molar refractivity (Wildman–Crippen MR) is 84.7 cm³/mol. The van der Waals surface area contributed by atoms with E-state index in [1.54, 1.807) is 18.3 Å². The van der Waals surface area contributed by atoms with E-state index >= 15 is 0 Å². The van der Waals surface area contributed by atoms with Gasteiger partial charge in [0.1, 0.15) is 6.04 Å². The molecule has 1 aromatic heterocycles. The first-order valence-electron chi connectivity index (χ1n) is 7.48. The quantitative estimate of drug-likeness (QED) is 0.652. The van der Waals surface area contributed by atoms with Crippen LogP contribution in [0.4, 0.5) is 0 Å². The van der Waals surface area contributed by atoms with E-state index in [-0.39, 0.29) is 24.8 Å². The van der Waals surface area contributed by atoms with Crippen molar-refractivity contribution in [2.24, 2.45) is 5.92 Å². The summed E-state index contributed by atoms with van der Waals surface area (Å²) in [6.07, 6.45) is 2.07. The molecule has 0 radical (unpaired) electrons. The van der Waals surface area contributed by atoms with Crippen LogP contribution in [-0.2, 0) is 20.8 Å². The smallest absolute Gasteiger partial charge is 0.326 e. The summed E-state index contributed by atoms with van der Waals surface area (Å²) in [4.78, 5) is 38.7. The molecule has 1 atom stereocenters. The number of nitrogens with one attached hydrogen (secondary N) is 2. The first kappa shape index (κ1) is 18.6. The lowest BCUT2D eigenvalue weighted by Crippen LogP contribution is -2.46. The summed E-state index contributed by atoms with van der Waals surface area (Å²) in [7, 11) is 0. The van der Waals surface area contributed by atoms with Crippen LogP contribution in [0.25, 0.3) is 0 Å². The van der Waals surface area contributed by atoms with Crippen LogP contribution in [0.5, 0.6) is 0 Å².